The number of carbonyl (C=O) groups excluding carboxylic acids is 1. The average molecular weight is 786 g/mol. The lowest BCUT2D eigenvalue weighted by Crippen LogP contribution is -2.50. The van der Waals surface area contributed by atoms with Crippen LogP contribution in [0.4, 0.5) is 0 Å². The van der Waals surface area contributed by atoms with Gasteiger partial charge in [0, 0.05) is 0 Å². The zero-order valence-electron chi connectivity index (χ0n) is 35.7. The molecule has 322 valence electrons. The number of nitrogens with one attached hydrogen (secondary N) is 1. The predicted octanol–water partition coefficient (Wildman–Crippen LogP) is 13.1. The Morgan fingerprint density at radius 2 is 0.778 bits per heavy atom. The number of aliphatic hydroxyl groups excluding tert-OH is 2. The molecule has 3 atom stereocenters. The van der Waals surface area contributed by atoms with Crippen LogP contribution >= 0.6 is 0 Å². The highest BCUT2D eigenvalue weighted by Crippen LogP contribution is 2.17. The van der Waals surface area contributed by atoms with Crippen molar-refractivity contribution in [2.45, 2.75) is 270 Å². The normalized spacial score (nSPS) is 13.8. The van der Waals surface area contributed by atoms with Gasteiger partial charge in [0.15, 0.2) is 0 Å². The number of aliphatic hydroxyl groups is 2. The van der Waals surface area contributed by atoms with Crippen LogP contribution in [0.1, 0.15) is 251 Å². The number of amides is 1. The summed E-state index contributed by atoms with van der Waals surface area (Å²) >= 11 is 0. The van der Waals surface area contributed by atoms with E-state index in [1.165, 1.54) is 167 Å². The van der Waals surface area contributed by atoms with E-state index in [0.717, 1.165) is 51.4 Å². The van der Waals surface area contributed by atoms with Crippen molar-refractivity contribution in [2.75, 3.05) is 5.75 Å². The van der Waals surface area contributed by atoms with Gasteiger partial charge in [-0.25, -0.2) is 0 Å². The van der Waals surface area contributed by atoms with Gasteiger partial charge in [-0.05, 0) is 38.5 Å². The highest BCUT2D eigenvalue weighted by Gasteiger charge is 2.28. The van der Waals surface area contributed by atoms with Gasteiger partial charge in [0.25, 0.3) is 10.1 Å². The Hall–Kier alpha value is -0.960. The third kappa shape index (κ3) is 39.3. The predicted molar refractivity (Wildman–Crippen MR) is 232 cm³/mol. The van der Waals surface area contributed by atoms with Gasteiger partial charge in [0.1, 0.15) is 6.10 Å². The molecule has 0 aromatic heterocycles. The molecule has 0 aliphatic heterocycles. The molecule has 0 aliphatic rings. The van der Waals surface area contributed by atoms with Crippen LogP contribution in [0.2, 0.25) is 0 Å². The molecule has 0 aromatic rings. The second-order valence-electron chi connectivity index (χ2n) is 16.5. The van der Waals surface area contributed by atoms with Gasteiger partial charge < -0.3 is 15.5 Å². The summed E-state index contributed by atoms with van der Waals surface area (Å²) < 4.78 is 32.7. The smallest absolute Gasteiger partial charge is 0.266 e. The molecule has 1 amide bonds. The maximum atomic E-state index is 12.7. The van der Waals surface area contributed by atoms with Crippen LogP contribution in [-0.4, -0.2) is 53.1 Å². The minimum Gasteiger partial charge on any atom is -0.391 e. The minimum atomic E-state index is -4.41. The van der Waals surface area contributed by atoms with Crippen LogP contribution < -0.4 is 5.32 Å². The Morgan fingerprint density at radius 1 is 0.481 bits per heavy atom. The molecule has 0 saturated carbocycles. The van der Waals surface area contributed by atoms with Crippen molar-refractivity contribution in [3.05, 3.63) is 12.2 Å². The number of hydrogen-bond donors (Lipinski definition) is 4. The lowest BCUT2D eigenvalue weighted by molar-refractivity contribution is -0.131. The van der Waals surface area contributed by atoms with Gasteiger partial charge in [-0.15, -0.1) is 0 Å². The molecule has 0 bridgehead atoms. The molecule has 7 nitrogen and oxygen atoms in total. The highest BCUT2D eigenvalue weighted by molar-refractivity contribution is 7.85. The lowest BCUT2D eigenvalue weighted by atomic mass is 10.0. The third-order valence-corrected chi connectivity index (χ3v) is 11.9. The van der Waals surface area contributed by atoms with Crippen LogP contribution in [0, 0.1) is 0 Å². The van der Waals surface area contributed by atoms with Crippen LogP contribution in [0.15, 0.2) is 12.2 Å². The largest absolute Gasteiger partial charge is 0.391 e. The van der Waals surface area contributed by atoms with E-state index in [4.69, 9.17) is 0 Å². The highest BCUT2D eigenvalue weighted by atomic mass is 32.2. The summed E-state index contributed by atoms with van der Waals surface area (Å²) in [7, 11) is -4.41. The van der Waals surface area contributed by atoms with Crippen molar-refractivity contribution < 1.29 is 28.0 Å². The van der Waals surface area contributed by atoms with Crippen molar-refractivity contribution >= 4 is 16.0 Å². The van der Waals surface area contributed by atoms with Gasteiger partial charge in [0.05, 0.1) is 17.9 Å². The summed E-state index contributed by atoms with van der Waals surface area (Å²) in [5.41, 5.74) is 0. The van der Waals surface area contributed by atoms with Gasteiger partial charge in [-0.1, -0.05) is 225 Å². The first-order valence-electron chi connectivity index (χ1n) is 23.5. The fourth-order valence-electron chi connectivity index (χ4n) is 7.46. The van der Waals surface area contributed by atoms with E-state index in [9.17, 15) is 28.0 Å². The first kappa shape index (κ1) is 53.0. The molecular weight excluding hydrogens is 695 g/mol. The summed E-state index contributed by atoms with van der Waals surface area (Å²) in [6.45, 7) is 4.53. The lowest BCUT2D eigenvalue weighted by Gasteiger charge is -2.24. The monoisotopic (exact) mass is 786 g/mol. The topological polar surface area (TPSA) is 124 Å². The molecule has 0 fully saturated rings. The van der Waals surface area contributed by atoms with E-state index in [1.807, 2.05) is 0 Å². The fourth-order valence-corrected chi connectivity index (χ4v) is 8.22. The molecule has 0 saturated heterocycles. The van der Waals surface area contributed by atoms with E-state index < -0.39 is 40.0 Å². The summed E-state index contributed by atoms with van der Waals surface area (Å²) in [6, 6.07) is -1.15. The van der Waals surface area contributed by atoms with E-state index in [2.05, 4.69) is 31.3 Å². The van der Waals surface area contributed by atoms with Crippen LogP contribution in [0.5, 0.6) is 0 Å². The maximum absolute atomic E-state index is 12.7. The van der Waals surface area contributed by atoms with Crippen LogP contribution in [0.25, 0.3) is 0 Å². The van der Waals surface area contributed by atoms with E-state index >= 15 is 0 Å². The standard InChI is InChI=1S/C46H91NO6S/c1-3-5-7-9-11-13-15-17-19-21-23-25-27-29-31-33-35-37-39-41-45(49)46(50)47-43(42-54(51,52)53)44(48)40-38-36-34-32-30-28-26-24-22-20-18-16-14-12-10-8-6-4-2/h23,25,43-45,48-49H,3-22,24,26-42H2,1-2H3,(H,47,50)(H,51,52,53)/b25-23-. The Bertz CT molecular complexity index is 926. The Morgan fingerprint density at radius 3 is 1.11 bits per heavy atom. The molecule has 0 aliphatic carbocycles. The average Bonchev–Trinajstić information content (AvgIpc) is 3.14. The molecule has 8 heteroatoms. The third-order valence-electron chi connectivity index (χ3n) is 11.1. The number of carbonyl (C=O) groups is 1. The summed E-state index contributed by atoms with van der Waals surface area (Å²) in [4.78, 5) is 12.7. The zero-order valence-corrected chi connectivity index (χ0v) is 36.5. The number of unbranched alkanes of at least 4 members (excludes halogenated alkanes) is 32. The summed E-state index contributed by atoms with van der Waals surface area (Å²) in [5, 5.41) is 23.6. The molecule has 4 N–H and O–H groups in total. The van der Waals surface area contributed by atoms with Gasteiger partial charge in [-0.3, -0.25) is 9.35 Å². The molecule has 0 aromatic carbocycles. The van der Waals surface area contributed by atoms with Gasteiger partial charge in [-0.2, -0.15) is 8.42 Å². The van der Waals surface area contributed by atoms with Crippen molar-refractivity contribution in [2.24, 2.45) is 0 Å². The van der Waals surface area contributed by atoms with Crippen molar-refractivity contribution in [3.63, 3.8) is 0 Å². The Kier molecular flexibility index (Phi) is 39.5. The summed E-state index contributed by atoms with van der Waals surface area (Å²) in [6.07, 6.45) is 46.6. The van der Waals surface area contributed by atoms with Crippen molar-refractivity contribution in [3.8, 4) is 0 Å². The SMILES string of the molecule is CCCCCCCCCCC/C=C\CCCCCCCCC(O)C(=O)NC(CS(=O)(=O)O)C(O)CCCCCCCCCCCCCCCCCCCC. The molecule has 0 radical (unpaired) electrons. The molecular formula is C46H91NO6S. The van der Waals surface area contributed by atoms with E-state index in [0.29, 0.717) is 19.3 Å². The van der Waals surface area contributed by atoms with Crippen LogP contribution in [-0.2, 0) is 14.9 Å². The molecule has 0 spiro atoms. The van der Waals surface area contributed by atoms with Crippen molar-refractivity contribution in [1.29, 1.82) is 0 Å². The zero-order chi connectivity index (χ0) is 39.8. The van der Waals surface area contributed by atoms with E-state index in [1.54, 1.807) is 0 Å². The van der Waals surface area contributed by atoms with E-state index in [-0.39, 0.29) is 0 Å². The second-order valence-corrected chi connectivity index (χ2v) is 18.0. The first-order valence-corrected chi connectivity index (χ1v) is 25.1. The second kappa shape index (κ2) is 40.2. The van der Waals surface area contributed by atoms with Gasteiger partial charge in [0.2, 0.25) is 5.91 Å². The number of rotatable bonds is 43. The maximum Gasteiger partial charge on any atom is 0.266 e. The van der Waals surface area contributed by atoms with Gasteiger partial charge >= 0.3 is 0 Å². The van der Waals surface area contributed by atoms with Crippen molar-refractivity contribution in [1.82, 2.24) is 5.32 Å². The van der Waals surface area contributed by atoms with Crippen LogP contribution in [0.3, 0.4) is 0 Å². The molecule has 3 unspecified atom stereocenters. The fraction of sp³-hybridized carbons (Fsp3) is 0.935. The first-order chi connectivity index (χ1) is 26.2. The quantitative estimate of drug-likeness (QED) is 0.0277. The Balaban J connectivity index is 3.90. The number of allylic oxidation sites excluding steroid dienone is 2. The molecule has 0 heterocycles. The number of hydrogen-bond acceptors (Lipinski definition) is 5. The summed E-state index contributed by atoms with van der Waals surface area (Å²) in [5.74, 6) is -1.45. The molecule has 0 rings (SSSR count). The minimum absolute atomic E-state index is 0.293. The molecule has 54 heavy (non-hydrogen) atoms. The Labute approximate surface area is 335 Å².